The van der Waals surface area contributed by atoms with E-state index in [0.717, 1.165) is 12.8 Å². The van der Waals surface area contributed by atoms with Crippen LogP contribution in [-0.4, -0.2) is 5.92 Å². The molecule has 2 unspecified atom stereocenters. The molecule has 0 aliphatic heterocycles. The summed E-state index contributed by atoms with van der Waals surface area (Å²) in [4.78, 5) is 0. The standard InChI is InChI=1S/2C12H13.C2H7Si.2ClH.Zr/c2*1-3-10-5-4-6-11-7-9(2)8-12(10)11;1-3-2;;;/h2*4-8H,3H2,1-2H3;3H,1-2H3;2*1H;/q;;;;;+2/p-2. The van der Waals surface area contributed by atoms with Crippen molar-refractivity contribution in [2.45, 2.75) is 60.9 Å². The fourth-order valence-corrected chi connectivity index (χ4v) is 39.1. The fourth-order valence-electron chi connectivity index (χ4n) is 6.15. The van der Waals surface area contributed by atoms with E-state index < -0.39 is 21.5 Å². The Hall–Kier alpha value is -0.400. The molecule has 2 atom stereocenters. The van der Waals surface area contributed by atoms with Crippen LogP contribution in [0.4, 0.5) is 0 Å². The second kappa shape index (κ2) is 7.87. The summed E-state index contributed by atoms with van der Waals surface area (Å²) < 4.78 is 0.431. The molecule has 0 heterocycles. The van der Waals surface area contributed by atoms with E-state index in [2.05, 4.69) is 89.3 Å². The van der Waals surface area contributed by atoms with Crippen molar-refractivity contribution < 1.29 is 15.6 Å². The Bertz CT molecular complexity index is 1000. The molecule has 0 N–H and O–H groups in total. The third-order valence-electron chi connectivity index (χ3n) is 7.71. The molecule has 4 heteroatoms. The van der Waals surface area contributed by atoms with Crippen molar-refractivity contribution in [3.05, 3.63) is 80.9 Å². The molecule has 159 valence electrons. The quantitative estimate of drug-likeness (QED) is 0.337. The van der Waals surface area contributed by atoms with E-state index >= 15 is 0 Å². The van der Waals surface area contributed by atoms with E-state index in [-0.39, 0.29) is 7.25 Å². The van der Waals surface area contributed by atoms with Crippen LogP contribution in [-0.2, 0) is 28.4 Å². The molecular formula is C26H33Cl2SiZr. The Morgan fingerprint density at radius 3 is 1.50 bits per heavy atom. The van der Waals surface area contributed by atoms with Crippen LogP contribution >= 0.6 is 17.0 Å². The van der Waals surface area contributed by atoms with Gasteiger partial charge in [0.25, 0.3) is 0 Å². The van der Waals surface area contributed by atoms with E-state index in [4.69, 9.17) is 17.0 Å². The van der Waals surface area contributed by atoms with E-state index in [9.17, 15) is 0 Å². The van der Waals surface area contributed by atoms with Crippen LogP contribution in [0.2, 0.25) is 13.1 Å². The fraction of sp³-hybridized carbons (Fsp3) is 0.385. The number of rotatable bonds is 5. The second-order valence-corrected chi connectivity index (χ2v) is 52.1. The Labute approximate surface area is 191 Å². The second-order valence-electron chi connectivity index (χ2n) is 9.57. The first-order valence-electron chi connectivity index (χ1n) is 11.3. The van der Waals surface area contributed by atoms with Crippen molar-refractivity contribution in [3.8, 4) is 0 Å². The molecule has 0 bridgehead atoms. The topological polar surface area (TPSA) is 0 Å². The monoisotopic (exact) mass is 533 g/mol. The first-order valence-corrected chi connectivity index (χ1v) is 27.6. The van der Waals surface area contributed by atoms with Crippen molar-refractivity contribution >= 4 is 35.1 Å². The summed E-state index contributed by atoms with van der Waals surface area (Å²) >= 11 is -4.41. The van der Waals surface area contributed by atoms with Crippen LogP contribution in [0.1, 0.15) is 68.3 Å². The average Bonchev–Trinajstić information content (AvgIpc) is 3.23. The average molecular weight is 536 g/mol. The van der Waals surface area contributed by atoms with Gasteiger partial charge in [0.2, 0.25) is 0 Å². The molecule has 30 heavy (non-hydrogen) atoms. The molecule has 0 amide bonds. The maximum atomic E-state index is 8.13. The van der Waals surface area contributed by atoms with Crippen LogP contribution in [0.5, 0.6) is 0 Å². The zero-order valence-corrected chi connectivity index (χ0v) is 24.1. The summed E-state index contributed by atoms with van der Waals surface area (Å²) in [5.74, 6) is -1.41. The van der Waals surface area contributed by atoms with Gasteiger partial charge in [0.05, 0.1) is 0 Å². The van der Waals surface area contributed by atoms with Crippen molar-refractivity contribution in [2.24, 2.45) is 0 Å². The first-order chi connectivity index (χ1) is 14.1. The van der Waals surface area contributed by atoms with E-state index in [1.54, 1.807) is 0 Å². The molecule has 0 fully saturated rings. The zero-order chi connectivity index (χ0) is 21.9. The summed E-state index contributed by atoms with van der Waals surface area (Å²) in [5.41, 5.74) is 11.2. The Morgan fingerprint density at radius 2 is 1.17 bits per heavy atom. The molecule has 0 nitrogen and oxygen atoms in total. The van der Waals surface area contributed by atoms with Crippen molar-refractivity contribution in [2.75, 3.05) is 0 Å². The maximum absolute atomic E-state index is 8.13. The Kier molecular flexibility index (Phi) is 5.98. The molecule has 2 aromatic carbocycles. The van der Waals surface area contributed by atoms with Gasteiger partial charge in [-0.2, -0.15) is 0 Å². The molecule has 0 radical (unpaired) electrons. The predicted molar refractivity (Wildman–Crippen MR) is 135 cm³/mol. The third-order valence-corrected chi connectivity index (χ3v) is 60.0. The van der Waals surface area contributed by atoms with Gasteiger partial charge in [-0.05, 0) is 0 Å². The summed E-state index contributed by atoms with van der Waals surface area (Å²) in [6.45, 7) is 13.9. The summed E-state index contributed by atoms with van der Waals surface area (Å²) in [6.07, 6.45) is 6.87. The predicted octanol–water partition coefficient (Wildman–Crippen LogP) is 8.41. The SMILES string of the molecule is CCc1cccc2c1C=C(C)[CH]2[Zr]([Cl])([Cl])([CH]1C(C)=Cc2c(CC)cccc21)[SiH](C)C. The summed E-state index contributed by atoms with van der Waals surface area (Å²) in [5, 5.41) is 0. The Balaban J connectivity index is 1.99. The zero-order valence-electron chi connectivity index (χ0n) is 19.0. The summed E-state index contributed by atoms with van der Waals surface area (Å²) in [6, 6.07) is 13.5. The van der Waals surface area contributed by atoms with Crippen LogP contribution in [0.25, 0.3) is 12.2 Å². The minimum atomic E-state index is -4.41. The van der Waals surface area contributed by atoms with Crippen LogP contribution in [0, 0.1) is 0 Å². The molecule has 0 spiro atoms. The van der Waals surface area contributed by atoms with E-state index in [1.807, 2.05) is 0 Å². The van der Waals surface area contributed by atoms with Gasteiger partial charge < -0.3 is 0 Å². The van der Waals surface area contributed by atoms with E-state index in [1.165, 1.54) is 44.5 Å². The van der Waals surface area contributed by atoms with Crippen LogP contribution in [0.3, 0.4) is 0 Å². The van der Waals surface area contributed by atoms with Gasteiger partial charge >= 0.3 is 192 Å². The molecule has 2 aromatic rings. The van der Waals surface area contributed by atoms with E-state index in [0.29, 0.717) is 0 Å². The Morgan fingerprint density at radius 1 is 0.767 bits per heavy atom. The van der Waals surface area contributed by atoms with Crippen molar-refractivity contribution in [1.82, 2.24) is 0 Å². The molecular weight excluding hydrogens is 503 g/mol. The summed E-state index contributed by atoms with van der Waals surface area (Å²) in [7, 11) is 16.3. The number of halogens is 2. The van der Waals surface area contributed by atoms with Crippen molar-refractivity contribution in [1.29, 1.82) is 0 Å². The number of fused-ring (bicyclic) bond motifs is 2. The van der Waals surface area contributed by atoms with Gasteiger partial charge in [-0.15, -0.1) is 0 Å². The van der Waals surface area contributed by atoms with Gasteiger partial charge in [-0.25, -0.2) is 0 Å². The normalized spacial score (nSPS) is 21.7. The minimum absolute atomic E-state index is 0.215. The molecule has 2 aliphatic carbocycles. The van der Waals surface area contributed by atoms with Gasteiger partial charge in [0.1, 0.15) is 0 Å². The number of benzene rings is 2. The molecule has 4 rings (SSSR count). The van der Waals surface area contributed by atoms with Gasteiger partial charge in [-0.1, -0.05) is 0 Å². The van der Waals surface area contributed by atoms with Gasteiger partial charge in [0, 0.05) is 0 Å². The third kappa shape index (κ3) is 3.08. The van der Waals surface area contributed by atoms with Crippen molar-refractivity contribution in [3.63, 3.8) is 0 Å². The van der Waals surface area contributed by atoms with Crippen LogP contribution in [0.15, 0.2) is 47.5 Å². The number of hydrogen-bond donors (Lipinski definition) is 0. The molecule has 0 saturated carbocycles. The molecule has 2 aliphatic rings. The van der Waals surface area contributed by atoms with Crippen LogP contribution < -0.4 is 0 Å². The molecule has 0 aromatic heterocycles. The number of aryl methyl sites for hydroxylation is 2. The van der Waals surface area contributed by atoms with Gasteiger partial charge in [-0.3, -0.25) is 0 Å². The first kappa shape index (κ1) is 22.8. The number of hydrogen-bond acceptors (Lipinski definition) is 0. The molecule has 0 saturated heterocycles. The number of allylic oxidation sites excluding steroid dienone is 2. The van der Waals surface area contributed by atoms with Gasteiger partial charge in [0.15, 0.2) is 0 Å².